The molecule has 2 rings (SSSR count). The first kappa shape index (κ1) is 12.3. The summed E-state index contributed by atoms with van der Waals surface area (Å²) in [6.07, 6.45) is 1.63. The summed E-state index contributed by atoms with van der Waals surface area (Å²) < 4.78 is 0. The standard InChI is InChI=1S/C14H15N3O/c1-10-4-6-11(7-5-10)14(18)17-13-12(9-15)3-2-8-16-13/h2-8H,9,15H2,1H3,(H,16,17,18). The van der Waals surface area contributed by atoms with E-state index < -0.39 is 0 Å². The summed E-state index contributed by atoms with van der Waals surface area (Å²) in [7, 11) is 0. The van der Waals surface area contributed by atoms with Gasteiger partial charge < -0.3 is 11.1 Å². The van der Waals surface area contributed by atoms with Gasteiger partial charge in [-0.2, -0.15) is 0 Å². The summed E-state index contributed by atoms with van der Waals surface area (Å²) in [5.74, 6) is 0.342. The van der Waals surface area contributed by atoms with E-state index in [4.69, 9.17) is 5.73 Å². The fourth-order valence-electron chi connectivity index (χ4n) is 1.60. The highest BCUT2D eigenvalue weighted by molar-refractivity contribution is 6.04. The molecule has 4 heteroatoms. The monoisotopic (exact) mass is 241 g/mol. The average Bonchev–Trinajstić information content (AvgIpc) is 2.40. The maximum atomic E-state index is 12.0. The number of hydrogen-bond donors (Lipinski definition) is 2. The Balaban J connectivity index is 2.18. The Labute approximate surface area is 106 Å². The lowest BCUT2D eigenvalue weighted by Crippen LogP contribution is -2.15. The second-order valence-electron chi connectivity index (χ2n) is 4.04. The van der Waals surface area contributed by atoms with E-state index in [-0.39, 0.29) is 5.91 Å². The van der Waals surface area contributed by atoms with Crippen molar-refractivity contribution in [3.8, 4) is 0 Å². The van der Waals surface area contributed by atoms with Gasteiger partial charge in [-0.3, -0.25) is 4.79 Å². The maximum absolute atomic E-state index is 12.0. The minimum absolute atomic E-state index is 0.177. The van der Waals surface area contributed by atoms with Crippen LogP contribution >= 0.6 is 0 Å². The lowest BCUT2D eigenvalue weighted by atomic mass is 10.1. The van der Waals surface area contributed by atoms with Crippen molar-refractivity contribution in [1.29, 1.82) is 0 Å². The number of benzene rings is 1. The number of hydrogen-bond acceptors (Lipinski definition) is 3. The zero-order chi connectivity index (χ0) is 13.0. The highest BCUT2D eigenvalue weighted by atomic mass is 16.1. The quantitative estimate of drug-likeness (QED) is 0.864. The summed E-state index contributed by atoms with van der Waals surface area (Å²) in [4.78, 5) is 16.1. The average molecular weight is 241 g/mol. The van der Waals surface area contributed by atoms with Gasteiger partial charge in [0.25, 0.3) is 5.91 Å². The van der Waals surface area contributed by atoms with Gasteiger partial charge in [-0.1, -0.05) is 23.8 Å². The maximum Gasteiger partial charge on any atom is 0.256 e. The molecule has 0 spiro atoms. The number of carbonyl (C=O) groups excluding carboxylic acids is 1. The fraction of sp³-hybridized carbons (Fsp3) is 0.143. The van der Waals surface area contributed by atoms with Crippen molar-refractivity contribution in [2.45, 2.75) is 13.5 Å². The molecule has 0 aliphatic carbocycles. The van der Waals surface area contributed by atoms with Crippen molar-refractivity contribution < 1.29 is 4.79 Å². The van der Waals surface area contributed by atoms with Crippen molar-refractivity contribution in [3.05, 3.63) is 59.3 Å². The summed E-state index contributed by atoms with van der Waals surface area (Å²) in [6.45, 7) is 2.32. The number of anilines is 1. The van der Waals surface area contributed by atoms with Gasteiger partial charge >= 0.3 is 0 Å². The van der Waals surface area contributed by atoms with Crippen LogP contribution in [0.3, 0.4) is 0 Å². The van der Waals surface area contributed by atoms with Crippen LogP contribution < -0.4 is 11.1 Å². The zero-order valence-electron chi connectivity index (χ0n) is 10.2. The van der Waals surface area contributed by atoms with Gasteiger partial charge in [-0.15, -0.1) is 0 Å². The van der Waals surface area contributed by atoms with Crippen LogP contribution in [-0.4, -0.2) is 10.9 Å². The largest absolute Gasteiger partial charge is 0.326 e. The van der Waals surface area contributed by atoms with Crippen LogP contribution in [0.25, 0.3) is 0 Å². The molecule has 1 amide bonds. The Hall–Kier alpha value is -2.20. The van der Waals surface area contributed by atoms with E-state index in [1.807, 2.05) is 25.1 Å². The van der Waals surface area contributed by atoms with E-state index in [0.29, 0.717) is 17.9 Å². The molecule has 0 unspecified atom stereocenters. The number of pyridine rings is 1. The molecule has 0 bridgehead atoms. The fourth-order valence-corrected chi connectivity index (χ4v) is 1.60. The Morgan fingerprint density at radius 2 is 2.00 bits per heavy atom. The van der Waals surface area contributed by atoms with Gasteiger partial charge in [0.1, 0.15) is 5.82 Å². The predicted octanol–water partition coefficient (Wildman–Crippen LogP) is 2.10. The first-order valence-electron chi connectivity index (χ1n) is 5.72. The molecule has 0 fully saturated rings. The molecule has 0 saturated carbocycles. The number of amides is 1. The molecule has 2 aromatic rings. The highest BCUT2D eigenvalue weighted by Crippen LogP contribution is 2.12. The third kappa shape index (κ3) is 2.73. The molecule has 0 saturated heterocycles. The molecule has 4 nitrogen and oxygen atoms in total. The van der Waals surface area contributed by atoms with E-state index in [1.165, 1.54) is 0 Å². The first-order valence-corrected chi connectivity index (χ1v) is 5.72. The van der Waals surface area contributed by atoms with Crippen molar-refractivity contribution in [3.63, 3.8) is 0 Å². The molecular formula is C14H15N3O. The molecule has 0 aliphatic rings. The van der Waals surface area contributed by atoms with Crippen LogP contribution in [0.15, 0.2) is 42.6 Å². The normalized spacial score (nSPS) is 10.1. The van der Waals surface area contributed by atoms with Crippen molar-refractivity contribution in [1.82, 2.24) is 4.98 Å². The minimum atomic E-state index is -0.177. The van der Waals surface area contributed by atoms with Crippen LogP contribution in [0.5, 0.6) is 0 Å². The summed E-state index contributed by atoms with van der Waals surface area (Å²) in [5.41, 5.74) is 8.13. The zero-order valence-corrected chi connectivity index (χ0v) is 10.2. The number of carbonyl (C=O) groups is 1. The number of aromatic nitrogens is 1. The molecule has 3 N–H and O–H groups in total. The molecule has 0 radical (unpaired) electrons. The number of nitrogens with zero attached hydrogens (tertiary/aromatic N) is 1. The second-order valence-corrected chi connectivity index (χ2v) is 4.04. The van der Waals surface area contributed by atoms with Gasteiger partial charge in [-0.25, -0.2) is 4.98 Å². The smallest absolute Gasteiger partial charge is 0.256 e. The molecule has 92 valence electrons. The predicted molar refractivity (Wildman–Crippen MR) is 71.3 cm³/mol. The molecular weight excluding hydrogens is 226 g/mol. The second kappa shape index (κ2) is 5.42. The van der Waals surface area contributed by atoms with E-state index in [9.17, 15) is 4.79 Å². The van der Waals surface area contributed by atoms with Crippen LogP contribution in [0, 0.1) is 6.92 Å². The van der Waals surface area contributed by atoms with Gasteiger partial charge in [0.15, 0.2) is 0 Å². The SMILES string of the molecule is Cc1ccc(C(=O)Nc2ncccc2CN)cc1. The van der Waals surface area contributed by atoms with Crippen LogP contribution in [0.4, 0.5) is 5.82 Å². The van der Waals surface area contributed by atoms with Gasteiger partial charge in [0.05, 0.1) is 0 Å². The Morgan fingerprint density at radius 1 is 1.28 bits per heavy atom. The minimum Gasteiger partial charge on any atom is -0.326 e. The number of nitrogens with two attached hydrogens (primary N) is 1. The molecule has 0 aliphatic heterocycles. The summed E-state index contributed by atoms with van der Waals surface area (Å²) in [5, 5.41) is 2.77. The van der Waals surface area contributed by atoms with Gasteiger partial charge in [0.2, 0.25) is 0 Å². The van der Waals surface area contributed by atoms with Crippen LogP contribution in [0.1, 0.15) is 21.5 Å². The van der Waals surface area contributed by atoms with Crippen LogP contribution in [0.2, 0.25) is 0 Å². The van der Waals surface area contributed by atoms with E-state index in [2.05, 4.69) is 10.3 Å². The number of aryl methyl sites for hydroxylation is 1. The van der Waals surface area contributed by atoms with Gasteiger partial charge in [-0.05, 0) is 25.1 Å². The molecule has 18 heavy (non-hydrogen) atoms. The van der Waals surface area contributed by atoms with E-state index >= 15 is 0 Å². The van der Waals surface area contributed by atoms with Crippen molar-refractivity contribution >= 4 is 11.7 Å². The van der Waals surface area contributed by atoms with Crippen molar-refractivity contribution in [2.24, 2.45) is 5.73 Å². The van der Waals surface area contributed by atoms with E-state index in [1.54, 1.807) is 24.4 Å². The summed E-state index contributed by atoms with van der Waals surface area (Å²) >= 11 is 0. The van der Waals surface area contributed by atoms with Crippen molar-refractivity contribution in [2.75, 3.05) is 5.32 Å². The summed E-state index contributed by atoms with van der Waals surface area (Å²) in [6, 6.07) is 11.0. The topological polar surface area (TPSA) is 68.0 Å². The van der Waals surface area contributed by atoms with Gasteiger partial charge in [0, 0.05) is 23.9 Å². The third-order valence-corrected chi connectivity index (χ3v) is 2.66. The Morgan fingerprint density at radius 3 is 2.67 bits per heavy atom. The number of rotatable bonds is 3. The Kier molecular flexibility index (Phi) is 3.69. The third-order valence-electron chi connectivity index (χ3n) is 2.66. The molecule has 1 heterocycles. The lowest BCUT2D eigenvalue weighted by Gasteiger charge is -2.08. The molecule has 0 atom stereocenters. The van der Waals surface area contributed by atoms with E-state index in [0.717, 1.165) is 11.1 Å². The lowest BCUT2D eigenvalue weighted by molar-refractivity contribution is 0.102. The number of nitrogens with one attached hydrogen (secondary N) is 1. The molecule has 1 aromatic carbocycles. The van der Waals surface area contributed by atoms with Crippen LogP contribution in [-0.2, 0) is 6.54 Å². The molecule has 1 aromatic heterocycles. The first-order chi connectivity index (χ1) is 8.70. The highest BCUT2D eigenvalue weighted by Gasteiger charge is 2.08. The Bertz CT molecular complexity index is 549.